The Labute approximate surface area is 132 Å². The summed E-state index contributed by atoms with van der Waals surface area (Å²) in [4.78, 5) is 13.3. The molecule has 0 aromatic carbocycles. The standard InChI is InChI=1S/C15H24N4O2S/c1-11-6-4-5-7-19(11)13-9-18(10-13)15-14(22(3,20)21)8-16-12(2)17-15/h8,11,13H,4-7,9-10H2,1-3H3. The molecule has 0 amide bonds. The Kier molecular flexibility index (Phi) is 4.11. The first kappa shape index (κ1) is 15.7. The Hall–Kier alpha value is -1.21. The first-order valence-corrected chi connectivity index (χ1v) is 9.80. The molecule has 2 aliphatic rings. The van der Waals surface area contributed by atoms with Crippen molar-refractivity contribution in [1.82, 2.24) is 14.9 Å². The molecule has 122 valence electrons. The van der Waals surface area contributed by atoms with Gasteiger partial charge in [-0.3, -0.25) is 4.90 Å². The number of likely N-dealkylation sites (tertiary alicyclic amines) is 1. The Bertz CT molecular complexity index is 656. The minimum Gasteiger partial charge on any atom is -0.352 e. The van der Waals surface area contributed by atoms with E-state index in [-0.39, 0.29) is 4.90 Å². The molecule has 3 heterocycles. The van der Waals surface area contributed by atoms with Crippen molar-refractivity contribution in [2.75, 3.05) is 30.8 Å². The van der Waals surface area contributed by atoms with Crippen LogP contribution in [0.2, 0.25) is 0 Å². The van der Waals surface area contributed by atoms with E-state index in [1.54, 1.807) is 6.92 Å². The minimum absolute atomic E-state index is 0.239. The molecular formula is C15H24N4O2S. The summed E-state index contributed by atoms with van der Waals surface area (Å²) in [5.74, 6) is 1.17. The molecule has 2 saturated heterocycles. The van der Waals surface area contributed by atoms with Crippen LogP contribution in [0.4, 0.5) is 5.82 Å². The van der Waals surface area contributed by atoms with Crippen LogP contribution in [0.3, 0.4) is 0 Å². The number of anilines is 1. The maximum absolute atomic E-state index is 11.9. The van der Waals surface area contributed by atoms with Crippen LogP contribution in [0, 0.1) is 6.92 Å². The van der Waals surface area contributed by atoms with Gasteiger partial charge >= 0.3 is 0 Å². The van der Waals surface area contributed by atoms with Crippen molar-refractivity contribution in [3.05, 3.63) is 12.0 Å². The SMILES string of the molecule is Cc1ncc(S(C)(=O)=O)c(N2CC(N3CCCCC3C)C2)n1. The summed E-state index contributed by atoms with van der Waals surface area (Å²) in [6.45, 7) is 6.94. The average molecular weight is 324 g/mol. The van der Waals surface area contributed by atoms with Crippen molar-refractivity contribution in [2.24, 2.45) is 0 Å². The molecule has 0 spiro atoms. The van der Waals surface area contributed by atoms with Crippen molar-refractivity contribution in [1.29, 1.82) is 0 Å². The van der Waals surface area contributed by atoms with Gasteiger partial charge in [0.1, 0.15) is 10.7 Å². The molecule has 22 heavy (non-hydrogen) atoms. The van der Waals surface area contributed by atoms with Crippen LogP contribution < -0.4 is 4.90 Å². The van der Waals surface area contributed by atoms with Gasteiger partial charge in [0.25, 0.3) is 0 Å². The lowest BCUT2D eigenvalue weighted by Crippen LogP contribution is -2.62. The molecule has 1 aromatic rings. The summed E-state index contributed by atoms with van der Waals surface area (Å²) in [5, 5.41) is 0. The summed E-state index contributed by atoms with van der Waals surface area (Å²) in [7, 11) is -3.30. The van der Waals surface area contributed by atoms with Crippen LogP contribution in [0.5, 0.6) is 0 Å². The largest absolute Gasteiger partial charge is 0.352 e. The summed E-state index contributed by atoms with van der Waals surface area (Å²) in [6.07, 6.45) is 6.50. The molecule has 0 radical (unpaired) electrons. The predicted molar refractivity (Wildman–Crippen MR) is 85.9 cm³/mol. The highest BCUT2D eigenvalue weighted by Gasteiger charge is 2.37. The van der Waals surface area contributed by atoms with Crippen LogP contribution in [0.1, 0.15) is 32.0 Å². The number of sulfone groups is 1. The molecule has 1 atom stereocenters. The Balaban J connectivity index is 1.76. The Morgan fingerprint density at radius 3 is 2.64 bits per heavy atom. The van der Waals surface area contributed by atoms with Crippen LogP contribution in [-0.4, -0.2) is 61.3 Å². The third kappa shape index (κ3) is 2.96. The second kappa shape index (κ2) is 5.77. The molecule has 0 saturated carbocycles. The number of rotatable bonds is 3. The van der Waals surface area contributed by atoms with Crippen molar-refractivity contribution in [2.45, 2.75) is 50.1 Å². The van der Waals surface area contributed by atoms with Gasteiger partial charge in [-0.15, -0.1) is 0 Å². The van der Waals surface area contributed by atoms with E-state index in [1.807, 2.05) is 0 Å². The van der Waals surface area contributed by atoms with Gasteiger partial charge in [-0.2, -0.15) is 0 Å². The van der Waals surface area contributed by atoms with E-state index in [4.69, 9.17) is 0 Å². The van der Waals surface area contributed by atoms with Crippen molar-refractivity contribution < 1.29 is 8.42 Å². The lowest BCUT2D eigenvalue weighted by molar-refractivity contribution is 0.0870. The van der Waals surface area contributed by atoms with Gasteiger partial charge in [0.2, 0.25) is 0 Å². The smallest absolute Gasteiger partial charge is 0.180 e. The Morgan fingerprint density at radius 2 is 2.00 bits per heavy atom. The zero-order chi connectivity index (χ0) is 15.9. The highest BCUT2D eigenvalue weighted by molar-refractivity contribution is 7.90. The summed E-state index contributed by atoms with van der Waals surface area (Å²) in [5.41, 5.74) is 0. The van der Waals surface area contributed by atoms with E-state index >= 15 is 0 Å². The molecule has 2 aliphatic heterocycles. The fourth-order valence-corrected chi connectivity index (χ4v) is 4.19. The predicted octanol–water partition coefficient (Wildman–Crippen LogP) is 1.25. The number of aryl methyl sites for hydroxylation is 1. The van der Waals surface area contributed by atoms with Gasteiger partial charge in [0.05, 0.1) is 6.20 Å². The van der Waals surface area contributed by atoms with Crippen LogP contribution >= 0.6 is 0 Å². The summed E-state index contributed by atoms with van der Waals surface area (Å²) in [6, 6.07) is 1.14. The van der Waals surface area contributed by atoms with Crippen LogP contribution in [0.15, 0.2) is 11.1 Å². The zero-order valence-corrected chi connectivity index (χ0v) is 14.3. The van der Waals surface area contributed by atoms with E-state index in [2.05, 4.69) is 26.7 Å². The third-order valence-electron chi connectivity index (χ3n) is 4.74. The number of aromatic nitrogens is 2. The second-order valence-corrected chi connectivity index (χ2v) is 8.50. The molecule has 1 unspecified atom stereocenters. The van der Waals surface area contributed by atoms with E-state index < -0.39 is 9.84 Å². The van der Waals surface area contributed by atoms with Gasteiger partial charge in [-0.05, 0) is 33.2 Å². The van der Waals surface area contributed by atoms with E-state index in [0.29, 0.717) is 23.7 Å². The van der Waals surface area contributed by atoms with Gasteiger partial charge in [-0.1, -0.05) is 6.42 Å². The van der Waals surface area contributed by atoms with Crippen molar-refractivity contribution in [3.8, 4) is 0 Å². The average Bonchev–Trinajstić information content (AvgIpc) is 2.38. The molecule has 0 aliphatic carbocycles. The van der Waals surface area contributed by atoms with E-state index in [1.165, 1.54) is 31.7 Å². The van der Waals surface area contributed by atoms with Crippen LogP contribution in [0.25, 0.3) is 0 Å². The lowest BCUT2D eigenvalue weighted by atomic mass is 9.97. The molecule has 3 rings (SSSR count). The van der Waals surface area contributed by atoms with Crippen LogP contribution in [-0.2, 0) is 9.84 Å². The molecule has 0 bridgehead atoms. The molecule has 0 N–H and O–H groups in total. The fraction of sp³-hybridized carbons (Fsp3) is 0.733. The maximum atomic E-state index is 11.9. The summed E-state index contributed by atoms with van der Waals surface area (Å²) >= 11 is 0. The molecule has 6 nitrogen and oxygen atoms in total. The Morgan fingerprint density at radius 1 is 1.27 bits per heavy atom. The highest BCUT2D eigenvalue weighted by atomic mass is 32.2. The second-order valence-electron chi connectivity index (χ2n) is 6.52. The fourth-order valence-electron chi connectivity index (χ4n) is 3.44. The van der Waals surface area contributed by atoms with Gasteiger partial charge in [-0.25, -0.2) is 18.4 Å². The number of hydrogen-bond acceptors (Lipinski definition) is 6. The quantitative estimate of drug-likeness (QED) is 0.834. The topological polar surface area (TPSA) is 66.4 Å². The van der Waals surface area contributed by atoms with Crippen molar-refractivity contribution >= 4 is 15.7 Å². The van der Waals surface area contributed by atoms with E-state index in [9.17, 15) is 8.42 Å². The first-order valence-electron chi connectivity index (χ1n) is 7.90. The number of nitrogens with zero attached hydrogens (tertiary/aromatic N) is 4. The molecule has 7 heteroatoms. The third-order valence-corrected chi connectivity index (χ3v) is 5.83. The first-order chi connectivity index (χ1) is 10.4. The van der Waals surface area contributed by atoms with Gasteiger partial charge in [0, 0.05) is 31.4 Å². The minimum atomic E-state index is -3.30. The monoisotopic (exact) mass is 324 g/mol. The normalized spacial score (nSPS) is 24.3. The molecule has 2 fully saturated rings. The zero-order valence-electron chi connectivity index (χ0n) is 13.5. The maximum Gasteiger partial charge on any atom is 0.180 e. The van der Waals surface area contributed by atoms with Crippen molar-refractivity contribution in [3.63, 3.8) is 0 Å². The molecule has 1 aromatic heterocycles. The number of hydrogen-bond donors (Lipinski definition) is 0. The molecular weight excluding hydrogens is 300 g/mol. The summed E-state index contributed by atoms with van der Waals surface area (Å²) < 4.78 is 23.9. The van der Waals surface area contributed by atoms with E-state index in [0.717, 1.165) is 19.6 Å². The van der Waals surface area contributed by atoms with Gasteiger partial charge < -0.3 is 4.90 Å². The lowest BCUT2D eigenvalue weighted by Gasteiger charge is -2.49. The number of piperidine rings is 1. The van der Waals surface area contributed by atoms with Gasteiger partial charge in [0.15, 0.2) is 15.7 Å². The highest BCUT2D eigenvalue weighted by Crippen LogP contribution is 2.30.